The predicted octanol–water partition coefficient (Wildman–Crippen LogP) is 3.51. The Morgan fingerprint density at radius 1 is 1.32 bits per heavy atom. The minimum atomic E-state index is -0.633. The normalized spacial score (nSPS) is 12.4. The van der Waals surface area contributed by atoms with Crippen molar-refractivity contribution in [1.29, 1.82) is 0 Å². The first-order valence-corrected chi connectivity index (χ1v) is 7.49. The molecule has 1 aromatic rings. The van der Waals surface area contributed by atoms with Gasteiger partial charge >= 0.3 is 12.1 Å². The number of alkyl carbamates (subject to hydrolysis) is 1. The van der Waals surface area contributed by atoms with E-state index in [-0.39, 0.29) is 13.2 Å². The SMILES string of the molecule is CCOC(=O)[C@H](CNC(=O)OC(C)(C)C)c1cccc(Cl)c1. The average molecular weight is 328 g/mol. The zero-order valence-corrected chi connectivity index (χ0v) is 14.1. The number of halogens is 1. The molecule has 0 aromatic heterocycles. The lowest BCUT2D eigenvalue weighted by Gasteiger charge is -2.21. The van der Waals surface area contributed by atoms with Gasteiger partial charge in [-0.2, -0.15) is 0 Å². The Morgan fingerprint density at radius 2 is 2.00 bits per heavy atom. The molecule has 0 bridgehead atoms. The Bertz CT molecular complexity index is 525. The summed E-state index contributed by atoms with van der Waals surface area (Å²) in [6, 6.07) is 6.91. The Labute approximate surface area is 135 Å². The maximum absolute atomic E-state index is 12.1. The summed E-state index contributed by atoms with van der Waals surface area (Å²) in [5.74, 6) is -1.05. The summed E-state index contributed by atoms with van der Waals surface area (Å²) in [6.07, 6.45) is -0.580. The van der Waals surface area contributed by atoms with Gasteiger partial charge in [-0.15, -0.1) is 0 Å². The summed E-state index contributed by atoms with van der Waals surface area (Å²) in [7, 11) is 0. The number of esters is 1. The first-order valence-electron chi connectivity index (χ1n) is 7.12. The van der Waals surface area contributed by atoms with Crippen molar-refractivity contribution in [3.63, 3.8) is 0 Å². The lowest BCUT2D eigenvalue weighted by molar-refractivity contribution is -0.144. The molecule has 1 atom stereocenters. The predicted molar refractivity (Wildman–Crippen MR) is 85.1 cm³/mol. The van der Waals surface area contributed by atoms with Crippen LogP contribution < -0.4 is 5.32 Å². The van der Waals surface area contributed by atoms with Gasteiger partial charge in [-0.3, -0.25) is 4.79 Å². The van der Waals surface area contributed by atoms with Crippen molar-refractivity contribution < 1.29 is 19.1 Å². The molecule has 0 fully saturated rings. The van der Waals surface area contributed by atoms with Gasteiger partial charge in [0, 0.05) is 11.6 Å². The summed E-state index contributed by atoms with van der Waals surface area (Å²) in [6.45, 7) is 7.38. The van der Waals surface area contributed by atoms with E-state index in [1.807, 2.05) is 0 Å². The van der Waals surface area contributed by atoms with E-state index in [1.165, 1.54) is 0 Å². The van der Waals surface area contributed by atoms with Gasteiger partial charge < -0.3 is 14.8 Å². The third-order valence-corrected chi connectivity index (χ3v) is 2.91. The molecule has 0 radical (unpaired) electrons. The van der Waals surface area contributed by atoms with Crippen LogP contribution in [0.15, 0.2) is 24.3 Å². The zero-order valence-electron chi connectivity index (χ0n) is 13.3. The number of benzene rings is 1. The van der Waals surface area contributed by atoms with Gasteiger partial charge in [0.2, 0.25) is 0 Å². The molecule has 1 aromatic carbocycles. The minimum Gasteiger partial charge on any atom is -0.465 e. The third-order valence-electron chi connectivity index (χ3n) is 2.67. The Kier molecular flexibility index (Phi) is 6.68. The first-order chi connectivity index (χ1) is 10.2. The topological polar surface area (TPSA) is 64.6 Å². The zero-order chi connectivity index (χ0) is 16.8. The van der Waals surface area contributed by atoms with Gasteiger partial charge in [0.15, 0.2) is 0 Å². The van der Waals surface area contributed by atoms with Crippen LogP contribution in [-0.4, -0.2) is 30.8 Å². The Hall–Kier alpha value is -1.75. The van der Waals surface area contributed by atoms with Crippen LogP contribution in [0.1, 0.15) is 39.2 Å². The van der Waals surface area contributed by atoms with Crippen LogP contribution in [0.25, 0.3) is 0 Å². The van der Waals surface area contributed by atoms with Crippen LogP contribution in [0.3, 0.4) is 0 Å². The molecule has 1 N–H and O–H groups in total. The second kappa shape index (κ2) is 8.03. The van der Waals surface area contributed by atoms with Crippen molar-refractivity contribution in [3.8, 4) is 0 Å². The highest BCUT2D eigenvalue weighted by molar-refractivity contribution is 6.30. The number of amides is 1. The lowest BCUT2D eigenvalue weighted by atomic mass is 9.99. The molecule has 22 heavy (non-hydrogen) atoms. The molecule has 0 aliphatic heterocycles. The standard InChI is InChI=1S/C16H22ClNO4/c1-5-21-14(19)13(11-7-6-8-12(17)9-11)10-18-15(20)22-16(2,3)4/h6-9,13H,5,10H2,1-4H3,(H,18,20)/t13-/m1/s1. The van der Waals surface area contributed by atoms with Gasteiger partial charge in [-0.05, 0) is 45.4 Å². The number of rotatable bonds is 5. The van der Waals surface area contributed by atoms with Gasteiger partial charge in [0.25, 0.3) is 0 Å². The van der Waals surface area contributed by atoms with E-state index in [2.05, 4.69) is 5.32 Å². The van der Waals surface area contributed by atoms with E-state index >= 15 is 0 Å². The van der Waals surface area contributed by atoms with E-state index in [1.54, 1.807) is 52.0 Å². The summed E-state index contributed by atoms with van der Waals surface area (Å²) < 4.78 is 10.2. The fourth-order valence-corrected chi connectivity index (χ4v) is 2.00. The molecule has 0 aliphatic rings. The van der Waals surface area contributed by atoms with Crippen LogP contribution in [-0.2, 0) is 14.3 Å². The van der Waals surface area contributed by atoms with Crippen LogP contribution in [0.2, 0.25) is 5.02 Å². The molecule has 1 amide bonds. The highest BCUT2D eigenvalue weighted by Crippen LogP contribution is 2.21. The van der Waals surface area contributed by atoms with Crippen molar-refractivity contribution in [3.05, 3.63) is 34.9 Å². The fraction of sp³-hybridized carbons (Fsp3) is 0.500. The largest absolute Gasteiger partial charge is 0.465 e. The molecule has 0 unspecified atom stereocenters. The van der Waals surface area contributed by atoms with Crippen molar-refractivity contribution in [2.75, 3.05) is 13.2 Å². The van der Waals surface area contributed by atoms with Crippen LogP contribution in [0, 0.1) is 0 Å². The monoisotopic (exact) mass is 327 g/mol. The number of nitrogens with one attached hydrogen (secondary N) is 1. The molecule has 0 saturated heterocycles. The molecule has 0 spiro atoms. The summed E-state index contributed by atoms with van der Waals surface area (Å²) >= 11 is 5.96. The Balaban J connectivity index is 2.79. The van der Waals surface area contributed by atoms with E-state index in [0.717, 1.165) is 0 Å². The van der Waals surface area contributed by atoms with E-state index < -0.39 is 23.6 Å². The van der Waals surface area contributed by atoms with E-state index in [9.17, 15) is 9.59 Å². The maximum Gasteiger partial charge on any atom is 0.407 e. The second-order valence-corrected chi connectivity index (χ2v) is 6.18. The van der Waals surface area contributed by atoms with E-state index in [4.69, 9.17) is 21.1 Å². The van der Waals surface area contributed by atoms with Crippen LogP contribution >= 0.6 is 11.6 Å². The van der Waals surface area contributed by atoms with Gasteiger partial charge in [-0.25, -0.2) is 4.79 Å². The fourth-order valence-electron chi connectivity index (χ4n) is 1.80. The molecule has 5 nitrogen and oxygen atoms in total. The van der Waals surface area contributed by atoms with Crippen molar-refractivity contribution in [2.24, 2.45) is 0 Å². The summed E-state index contributed by atoms with van der Waals surface area (Å²) in [5, 5.41) is 3.11. The highest BCUT2D eigenvalue weighted by Gasteiger charge is 2.24. The molecule has 6 heteroatoms. The van der Waals surface area contributed by atoms with Crippen molar-refractivity contribution in [2.45, 2.75) is 39.2 Å². The third kappa shape index (κ3) is 6.35. The molecule has 122 valence electrons. The smallest absolute Gasteiger partial charge is 0.407 e. The quantitative estimate of drug-likeness (QED) is 0.840. The summed E-state index contributed by atoms with van der Waals surface area (Å²) in [4.78, 5) is 23.8. The van der Waals surface area contributed by atoms with Crippen molar-refractivity contribution in [1.82, 2.24) is 5.32 Å². The number of hydrogen-bond donors (Lipinski definition) is 1. The molecule has 1 rings (SSSR count). The number of carbonyl (C=O) groups is 2. The minimum absolute atomic E-state index is 0.0775. The van der Waals surface area contributed by atoms with Gasteiger partial charge in [0.05, 0.1) is 12.5 Å². The van der Waals surface area contributed by atoms with E-state index in [0.29, 0.717) is 10.6 Å². The maximum atomic E-state index is 12.1. The Morgan fingerprint density at radius 3 is 2.55 bits per heavy atom. The lowest BCUT2D eigenvalue weighted by Crippen LogP contribution is -2.36. The van der Waals surface area contributed by atoms with Gasteiger partial charge in [-0.1, -0.05) is 23.7 Å². The molecular weight excluding hydrogens is 306 g/mol. The van der Waals surface area contributed by atoms with Crippen LogP contribution in [0.5, 0.6) is 0 Å². The highest BCUT2D eigenvalue weighted by atomic mass is 35.5. The molecule has 0 saturated carbocycles. The summed E-state index contributed by atoms with van der Waals surface area (Å²) in [5.41, 5.74) is 0.0848. The van der Waals surface area contributed by atoms with Crippen LogP contribution in [0.4, 0.5) is 4.79 Å². The number of hydrogen-bond acceptors (Lipinski definition) is 4. The molecule has 0 heterocycles. The molecule has 0 aliphatic carbocycles. The second-order valence-electron chi connectivity index (χ2n) is 5.74. The van der Waals surface area contributed by atoms with Crippen molar-refractivity contribution >= 4 is 23.7 Å². The number of carbonyl (C=O) groups excluding carboxylic acids is 2. The average Bonchev–Trinajstić information content (AvgIpc) is 2.37. The molecular formula is C16H22ClNO4. The first kappa shape index (κ1) is 18.3. The van der Waals surface area contributed by atoms with Gasteiger partial charge in [0.1, 0.15) is 5.60 Å². The number of ether oxygens (including phenoxy) is 2.